The summed E-state index contributed by atoms with van der Waals surface area (Å²) in [6, 6.07) is 1.02. The monoisotopic (exact) mass is 232 g/mol. The van der Waals surface area contributed by atoms with Gasteiger partial charge in [0.2, 0.25) is 5.82 Å². The van der Waals surface area contributed by atoms with E-state index in [0.717, 1.165) is 13.2 Å². The number of methoxy groups -OCH3 is 1. The van der Waals surface area contributed by atoms with Gasteiger partial charge in [-0.05, 0) is 30.4 Å². The lowest BCUT2D eigenvalue weighted by Gasteiger charge is -2.15. The molecule has 0 amide bonds. The molecular formula is C12H15F3O. The Morgan fingerprint density at radius 3 is 2.12 bits per heavy atom. The highest BCUT2D eigenvalue weighted by Gasteiger charge is 2.22. The summed E-state index contributed by atoms with van der Waals surface area (Å²) in [5.74, 6) is -3.94. The van der Waals surface area contributed by atoms with Crippen LogP contribution in [-0.2, 0) is 0 Å². The van der Waals surface area contributed by atoms with Crippen LogP contribution >= 0.6 is 0 Å². The maximum Gasteiger partial charge on any atom is 0.203 e. The molecule has 0 aliphatic carbocycles. The maximum absolute atomic E-state index is 13.6. The fourth-order valence-corrected chi connectivity index (χ4v) is 1.81. The van der Waals surface area contributed by atoms with Crippen molar-refractivity contribution in [1.29, 1.82) is 0 Å². The summed E-state index contributed by atoms with van der Waals surface area (Å²) in [6.45, 7) is 3.71. The molecule has 1 aromatic carbocycles. The summed E-state index contributed by atoms with van der Waals surface area (Å²) < 4.78 is 44.9. The largest absolute Gasteiger partial charge is 0.491 e. The van der Waals surface area contributed by atoms with Crippen molar-refractivity contribution in [3.63, 3.8) is 0 Å². The second-order valence-electron chi connectivity index (χ2n) is 3.62. The Balaban J connectivity index is 3.32. The molecule has 1 rings (SSSR count). The van der Waals surface area contributed by atoms with Crippen molar-refractivity contribution in [3.8, 4) is 5.75 Å². The second kappa shape index (κ2) is 5.23. The first-order valence-electron chi connectivity index (χ1n) is 5.28. The van der Waals surface area contributed by atoms with E-state index in [9.17, 15) is 13.2 Å². The third-order valence-electron chi connectivity index (χ3n) is 2.77. The lowest BCUT2D eigenvalue weighted by Crippen LogP contribution is -2.05. The molecule has 0 fully saturated rings. The zero-order valence-electron chi connectivity index (χ0n) is 9.61. The van der Waals surface area contributed by atoms with Crippen LogP contribution in [0.25, 0.3) is 0 Å². The summed E-state index contributed by atoms with van der Waals surface area (Å²) in [5, 5.41) is 0. The van der Waals surface area contributed by atoms with Crippen LogP contribution in [-0.4, -0.2) is 7.11 Å². The Labute approximate surface area is 93.2 Å². The molecule has 1 nitrogen and oxygen atoms in total. The molecule has 0 saturated heterocycles. The average molecular weight is 232 g/mol. The van der Waals surface area contributed by atoms with Crippen LogP contribution in [0.4, 0.5) is 13.2 Å². The van der Waals surface area contributed by atoms with Gasteiger partial charge in [-0.15, -0.1) is 0 Å². The molecule has 0 aliphatic rings. The van der Waals surface area contributed by atoms with Gasteiger partial charge in [-0.25, -0.2) is 8.78 Å². The Bertz CT molecular complexity index is 373. The van der Waals surface area contributed by atoms with E-state index in [1.54, 1.807) is 0 Å². The molecule has 0 aliphatic heterocycles. The second-order valence-corrected chi connectivity index (χ2v) is 3.62. The first-order valence-corrected chi connectivity index (χ1v) is 5.28. The molecule has 4 heteroatoms. The minimum absolute atomic E-state index is 0.0841. The molecule has 0 heterocycles. The van der Waals surface area contributed by atoms with E-state index in [1.165, 1.54) is 0 Å². The Kier molecular flexibility index (Phi) is 4.21. The molecule has 0 unspecified atom stereocenters. The summed E-state index contributed by atoms with van der Waals surface area (Å²) in [7, 11) is 1.11. The van der Waals surface area contributed by atoms with Gasteiger partial charge in [0, 0.05) is 0 Å². The fraction of sp³-hybridized carbons (Fsp3) is 0.500. The van der Waals surface area contributed by atoms with Gasteiger partial charge in [-0.3, -0.25) is 0 Å². The Hall–Kier alpha value is -1.19. The summed E-state index contributed by atoms with van der Waals surface area (Å²) >= 11 is 0. The molecule has 0 radical (unpaired) electrons. The fourth-order valence-electron chi connectivity index (χ4n) is 1.81. The van der Waals surface area contributed by atoms with Crippen LogP contribution in [0.15, 0.2) is 6.07 Å². The van der Waals surface area contributed by atoms with Crippen molar-refractivity contribution in [2.45, 2.75) is 32.6 Å². The van der Waals surface area contributed by atoms with Crippen LogP contribution in [0.2, 0.25) is 0 Å². The molecule has 0 saturated carbocycles. The van der Waals surface area contributed by atoms with Gasteiger partial charge in [0.15, 0.2) is 17.4 Å². The van der Waals surface area contributed by atoms with E-state index < -0.39 is 23.2 Å². The van der Waals surface area contributed by atoms with Gasteiger partial charge in [-0.1, -0.05) is 13.8 Å². The van der Waals surface area contributed by atoms with Crippen LogP contribution in [0.1, 0.15) is 38.2 Å². The van der Waals surface area contributed by atoms with Gasteiger partial charge < -0.3 is 4.74 Å². The smallest absolute Gasteiger partial charge is 0.203 e. The molecule has 16 heavy (non-hydrogen) atoms. The number of hydrogen-bond acceptors (Lipinski definition) is 1. The molecule has 0 bridgehead atoms. The first-order chi connectivity index (χ1) is 7.56. The molecular weight excluding hydrogens is 217 g/mol. The van der Waals surface area contributed by atoms with Gasteiger partial charge >= 0.3 is 0 Å². The summed E-state index contributed by atoms with van der Waals surface area (Å²) in [4.78, 5) is 0. The standard InChI is InChI=1S/C12H15F3O/c1-4-7(5-2)8-6-9(13)12(16-3)11(15)10(8)14/h6-7H,4-5H2,1-3H3. The molecule has 0 atom stereocenters. The number of halogens is 3. The van der Waals surface area contributed by atoms with E-state index in [4.69, 9.17) is 0 Å². The quantitative estimate of drug-likeness (QED) is 0.712. The predicted molar refractivity (Wildman–Crippen MR) is 56.2 cm³/mol. The van der Waals surface area contributed by atoms with Crippen molar-refractivity contribution >= 4 is 0 Å². The van der Waals surface area contributed by atoms with Crippen LogP contribution in [0.3, 0.4) is 0 Å². The third kappa shape index (κ3) is 2.15. The van der Waals surface area contributed by atoms with Gasteiger partial charge in [0.25, 0.3) is 0 Å². The van der Waals surface area contributed by atoms with Crippen molar-refractivity contribution in [1.82, 2.24) is 0 Å². The van der Waals surface area contributed by atoms with Crippen LogP contribution < -0.4 is 4.74 Å². The Morgan fingerprint density at radius 1 is 1.12 bits per heavy atom. The van der Waals surface area contributed by atoms with Crippen molar-refractivity contribution in [2.75, 3.05) is 7.11 Å². The molecule has 90 valence electrons. The zero-order valence-corrected chi connectivity index (χ0v) is 9.61. The van der Waals surface area contributed by atoms with E-state index in [-0.39, 0.29) is 11.5 Å². The number of ether oxygens (including phenoxy) is 1. The maximum atomic E-state index is 13.6. The van der Waals surface area contributed by atoms with Crippen molar-refractivity contribution < 1.29 is 17.9 Å². The highest BCUT2D eigenvalue weighted by Crippen LogP contribution is 2.32. The van der Waals surface area contributed by atoms with Crippen LogP contribution in [0.5, 0.6) is 5.75 Å². The minimum atomic E-state index is -1.25. The highest BCUT2D eigenvalue weighted by molar-refractivity contribution is 5.34. The van der Waals surface area contributed by atoms with E-state index >= 15 is 0 Å². The zero-order chi connectivity index (χ0) is 12.3. The van der Waals surface area contributed by atoms with Crippen molar-refractivity contribution in [2.24, 2.45) is 0 Å². The number of benzene rings is 1. The number of hydrogen-bond donors (Lipinski definition) is 0. The predicted octanol–water partition coefficient (Wildman–Crippen LogP) is 4.02. The number of rotatable bonds is 4. The SMILES string of the molecule is CCC(CC)c1cc(F)c(OC)c(F)c1F. The molecule has 0 N–H and O–H groups in total. The lowest BCUT2D eigenvalue weighted by atomic mass is 9.93. The Morgan fingerprint density at radius 2 is 1.69 bits per heavy atom. The minimum Gasteiger partial charge on any atom is -0.491 e. The van der Waals surface area contributed by atoms with E-state index in [2.05, 4.69) is 4.74 Å². The van der Waals surface area contributed by atoms with Crippen molar-refractivity contribution in [3.05, 3.63) is 29.1 Å². The summed E-state index contributed by atoms with van der Waals surface area (Å²) in [5.41, 5.74) is 0.0841. The average Bonchev–Trinajstić information content (AvgIpc) is 2.27. The van der Waals surface area contributed by atoms with Crippen LogP contribution in [0, 0.1) is 17.5 Å². The normalized spacial score (nSPS) is 10.9. The van der Waals surface area contributed by atoms with E-state index in [1.807, 2.05) is 13.8 Å². The summed E-state index contributed by atoms with van der Waals surface area (Å²) in [6.07, 6.45) is 1.28. The third-order valence-corrected chi connectivity index (χ3v) is 2.77. The molecule has 0 aromatic heterocycles. The van der Waals surface area contributed by atoms with E-state index in [0.29, 0.717) is 12.8 Å². The first kappa shape index (κ1) is 12.9. The van der Waals surface area contributed by atoms with Gasteiger partial charge in [-0.2, -0.15) is 4.39 Å². The van der Waals surface area contributed by atoms with Gasteiger partial charge in [0.05, 0.1) is 7.11 Å². The highest BCUT2D eigenvalue weighted by atomic mass is 19.2. The molecule has 1 aromatic rings. The molecule has 0 spiro atoms. The lowest BCUT2D eigenvalue weighted by molar-refractivity contribution is 0.343. The van der Waals surface area contributed by atoms with Gasteiger partial charge in [0.1, 0.15) is 0 Å². The topological polar surface area (TPSA) is 9.23 Å².